The van der Waals surface area contributed by atoms with Gasteiger partial charge in [0.15, 0.2) is 29.6 Å². The third-order valence-electron chi connectivity index (χ3n) is 5.81. The van der Waals surface area contributed by atoms with Crippen molar-refractivity contribution in [3.63, 3.8) is 0 Å². The van der Waals surface area contributed by atoms with E-state index in [1.54, 1.807) is 43.4 Å². The van der Waals surface area contributed by atoms with Crippen LogP contribution in [0.4, 0.5) is 0 Å². The minimum Gasteiger partial charge on any atom is -0.493 e. The van der Waals surface area contributed by atoms with Crippen molar-refractivity contribution >= 4 is 23.9 Å². The molecule has 204 valence electrons. The maximum absolute atomic E-state index is 12.3. The zero-order valence-corrected chi connectivity index (χ0v) is 22.0. The Labute approximate surface area is 222 Å². The number of nitrogens with zero attached hydrogens (tertiary/aromatic N) is 2. The smallest absolute Gasteiger partial charge is 0.329 e. The van der Waals surface area contributed by atoms with Crippen molar-refractivity contribution in [3.05, 3.63) is 47.5 Å². The van der Waals surface area contributed by atoms with Gasteiger partial charge in [-0.15, -0.1) is 0 Å². The van der Waals surface area contributed by atoms with Crippen LogP contribution in [0, 0.1) is 0 Å². The molecule has 2 aromatic rings. The summed E-state index contributed by atoms with van der Waals surface area (Å²) in [6, 6.07) is 10.5. The molecule has 1 aliphatic rings. The zero-order valence-electron chi connectivity index (χ0n) is 22.0. The summed E-state index contributed by atoms with van der Waals surface area (Å²) in [6.45, 7) is 3.95. The molecule has 0 radical (unpaired) electrons. The highest BCUT2D eigenvalue weighted by Crippen LogP contribution is 2.29. The van der Waals surface area contributed by atoms with Crippen molar-refractivity contribution in [3.8, 4) is 23.0 Å². The van der Waals surface area contributed by atoms with Crippen LogP contribution in [0.1, 0.15) is 30.9 Å². The predicted octanol–water partition coefficient (Wildman–Crippen LogP) is 1.91. The molecule has 1 fully saturated rings. The Morgan fingerprint density at radius 1 is 0.921 bits per heavy atom. The largest absolute Gasteiger partial charge is 0.493 e. The first-order valence-electron chi connectivity index (χ1n) is 12.4. The highest BCUT2D eigenvalue weighted by Gasteiger charge is 2.19. The van der Waals surface area contributed by atoms with Crippen LogP contribution in [0.25, 0.3) is 0 Å². The molecule has 1 aliphatic heterocycles. The van der Waals surface area contributed by atoms with E-state index in [0.717, 1.165) is 31.5 Å². The number of amides is 3. The quantitative estimate of drug-likeness (QED) is 0.246. The number of hydrogen-bond donors (Lipinski definition) is 2. The molecule has 2 N–H and O–H groups in total. The van der Waals surface area contributed by atoms with Crippen LogP contribution in [0.2, 0.25) is 0 Å². The predicted molar refractivity (Wildman–Crippen MR) is 141 cm³/mol. The van der Waals surface area contributed by atoms with Crippen LogP contribution in [0.5, 0.6) is 23.0 Å². The maximum Gasteiger partial charge on any atom is 0.329 e. The molecule has 0 aliphatic carbocycles. The molecule has 11 nitrogen and oxygen atoms in total. The van der Waals surface area contributed by atoms with E-state index in [9.17, 15) is 14.4 Å². The normalized spacial score (nSPS) is 12.8. The lowest BCUT2D eigenvalue weighted by Crippen LogP contribution is -2.38. The lowest BCUT2D eigenvalue weighted by Gasteiger charge is -2.17. The molecule has 38 heavy (non-hydrogen) atoms. The number of hydrazone groups is 1. The second kappa shape index (κ2) is 14.5. The van der Waals surface area contributed by atoms with E-state index < -0.39 is 11.8 Å². The Bertz CT molecular complexity index is 1150. The Morgan fingerprint density at radius 3 is 2.37 bits per heavy atom. The number of benzene rings is 2. The van der Waals surface area contributed by atoms with Gasteiger partial charge in [-0.1, -0.05) is 6.07 Å². The molecule has 3 amide bonds. The summed E-state index contributed by atoms with van der Waals surface area (Å²) in [4.78, 5) is 38.2. The van der Waals surface area contributed by atoms with Crippen molar-refractivity contribution in [2.24, 2.45) is 5.10 Å². The van der Waals surface area contributed by atoms with E-state index in [-0.39, 0.29) is 19.1 Å². The average Bonchev–Trinajstić information content (AvgIpc) is 3.47. The minimum absolute atomic E-state index is 0.0553. The third kappa shape index (κ3) is 8.12. The SMILES string of the molecule is CCOc1cc(/C=N\NC(=O)C(=O)NCCc2ccc(OC)c(OC)c2)ccc1OCC(=O)N1CCCC1. The third-order valence-corrected chi connectivity index (χ3v) is 5.81. The van der Waals surface area contributed by atoms with E-state index in [2.05, 4.69) is 15.8 Å². The second-order valence-electron chi connectivity index (χ2n) is 8.41. The standard InChI is InChI=1S/C27H34N4O7/c1-4-37-24-16-20(8-10-22(24)38-18-25(32)31-13-5-6-14-31)17-29-30-27(34)26(33)28-12-11-19-7-9-21(35-2)23(15-19)36-3/h7-10,15-17H,4-6,11-14,18H2,1-3H3,(H,28,33)(H,30,34)/b29-17-. The van der Waals surface area contributed by atoms with Gasteiger partial charge < -0.3 is 29.2 Å². The van der Waals surface area contributed by atoms with E-state index in [1.165, 1.54) is 6.21 Å². The summed E-state index contributed by atoms with van der Waals surface area (Å²) in [7, 11) is 3.10. The number of methoxy groups -OCH3 is 2. The first kappa shape index (κ1) is 28.3. The summed E-state index contributed by atoms with van der Waals surface area (Å²) in [5, 5.41) is 6.41. The fourth-order valence-corrected chi connectivity index (χ4v) is 3.84. The van der Waals surface area contributed by atoms with Gasteiger partial charge in [-0.25, -0.2) is 5.43 Å². The molecule has 11 heteroatoms. The molecule has 0 aromatic heterocycles. The number of likely N-dealkylation sites (tertiary alicyclic amines) is 1. The lowest BCUT2D eigenvalue weighted by atomic mass is 10.1. The fourth-order valence-electron chi connectivity index (χ4n) is 3.84. The van der Waals surface area contributed by atoms with Crippen LogP contribution >= 0.6 is 0 Å². The number of hydrogen-bond acceptors (Lipinski definition) is 8. The van der Waals surface area contributed by atoms with Gasteiger partial charge in [0.05, 0.1) is 27.0 Å². The zero-order chi connectivity index (χ0) is 27.3. The second-order valence-corrected chi connectivity index (χ2v) is 8.41. The Hall–Kier alpha value is -4.28. The maximum atomic E-state index is 12.3. The highest BCUT2D eigenvalue weighted by molar-refractivity contribution is 6.35. The fraction of sp³-hybridized carbons (Fsp3) is 0.407. The number of ether oxygens (including phenoxy) is 4. The van der Waals surface area contributed by atoms with Gasteiger partial charge >= 0.3 is 11.8 Å². The topological polar surface area (TPSA) is 128 Å². The van der Waals surface area contributed by atoms with Gasteiger partial charge in [-0.2, -0.15) is 5.10 Å². The van der Waals surface area contributed by atoms with E-state index in [0.29, 0.717) is 41.6 Å². The van der Waals surface area contributed by atoms with Gasteiger partial charge in [0, 0.05) is 19.6 Å². The Kier molecular flexibility index (Phi) is 10.8. The number of carbonyl (C=O) groups excluding carboxylic acids is 3. The molecule has 0 saturated carbocycles. The van der Waals surface area contributed by atoms with Gasteiger partial charge in [0.25, 0.3) is 5.91 Å². The van der Waals surface area contributed by atoms with Crippen LogP contribution < -0.4 is 29.7 Å². The summed E-state index contributed by atoms with van der Waals surface area (Å²) < 4.78 is 21.8. The molecule has 1 saturated heterocycles. The molecular weight excluding hydrogens is 492 g/mol. The van der Waals surface area contributed by atoms with Gasteiger partial charge in [-0.05, 0) is 67.6 Å². The molecule has 0 atom stereocenters. The van der Waals surface area contributed by atoms with Crippen LogP contribution in [-0.2, 0) is 20.8 Å². The monoisotopic (exact) mass is 526 g/mol. The summed E-state index contributed by atoms with van der Waals surface area (Å²) in [6.07, 6.45) is 3.92. The van der Waals surface area contributed by atoms with Crippen molar-refractivity contribution in [2.45, 2.75) is 26.2 Å². The number of rotatable bonds is 12. The first-order chi connectivity index (χ1) is 18.4. The summed E-state index contributed by atoms with van der Waals surface area (Å²) >= 11 is 0. The van der Waals surface area contributed by atoms with Gasteiger partial charge in [0.1, 0.15) is 0 Å². The van der Waals surface area contributed by atoms with Crippen molar-refractivity contribution in [1.29, 1.82) is 0 Å². The number of carbonyl (C=O) groups is 3. The molecular formula is C27H34N4O7. The summed E-state index contributed by atoms with van der Waals surface area (Å²) in [5.41, 5.74) is 3.74. The van der Waals surface area contributed by atoms with Crippen molar-refractivity contribution in [2.75, 3.05) is 47.1 Å². The first-order valence-corrected chi connectivity index (χ1v) is 12.4. The van der Waals surface area contributed by atoms with Crippen LogP contribution in [0.3, 0.4) is 0 Å². The molecule has 0 unspecified atom stereocenters. The highest BCUT2D eigenvalue weighted by atomic mass is 16.5. The molecule has 0 spiro atoms. The van der Waals surface area contributed by atoms with E-state index in [4.69, 9.17) is 18.9 Å². The lowest BCUT2D eigenvalue weighted by molar-refractivity contribution is -0.139. The van der Waals surface area contributed by atoms with Crippen molar-refractivity contribution in [1.82, 2.24) is 15.6 Å². The molecule has 2 aromatic carbocycles. The van der Waals surface area contributed by atoms with Crippen LogP contribution in [0.15, 0.2) is 41.5 Å². The molecule has 1 heterocycles. The Morgan fingerprint density at radius 2 is 1.66 bits per heavy atom. The minimum atomic E-state index is -0.890. The Balaban J connectivity index is 1.47. The number of nitrogens with one attached hydrogen (secondary N) is 2. The summed E-state index contributed by atoms with van der Waals surface area (Å²) in [5.74, 6) is 0.342. The molecule has 0 bridgehead atoms. The molecule has 3 rings (SSSR count). The van der Waals surface area contributed by atoms with Gasteiger partial charge in [0.2, 0.25) is 0 Å². The van der Waals surface area contributed by atoms with E-state index in [1.807, 2.05) is 19.1 Å². The van der Waals surface area contributed by atoms with Crippen LogP contribution in [-0.4, -0.2) is 75.9 Å². The van der Waals surface area contributed by atoms with Crippen molar-refractivity contribution < 1.29 is 33.3 Å². The van der Waals surface area contributed by atoms with Gasteiger partial charge in [-0.3, -0.25) is 14.4 Å². The van der Waals surface area contributed by atoms with E-state index >= 15 is 0 Å². The average molecular weight is 527 g/mol.